The quantitative estimate of drug-likeness (QED) is 0.683. The van der Waals surface area contributed by atoms with E-state index in [0.29, 0.717) is 0 Å². The molecule has 0 bridgehead atoms. The van der Waals surface area contributed by atoms with E-state index in [9.17, 15) is 0 Å². The molecule has 0 aromatic heterocycles. The summed E-state index contributed by atoms with van der Waals surface area (Å²) in [7, 11) is 0. The van der Waals surface area contributed by atoms with Crippen molar-refractivity contribution in [2.45, 2.75) is 18.2 Å². The molecule has 0 heterocycles. The van der Waals surface area contributed by atoms with E-state index in [1.165, 1.54) is 0 Å². The highest BCUT2D eigenvalue weighted by Crippen LogP contribution is 2.15. The minimum absolute atomic E-state index is 0.775. The zero-order valence-electron chi connectivity index (χ0n) is 6.58. The van der Waals surface area contributed by atoms with Crippen LogP contribution in [-0.2, 0) is 0 Å². The molecule has 0 aliphatic rings. The van der Waals surface area contributed by atoms with E-state index in [1.54, 1.807) is 0 Å². The van der Waals surface area contributed by atoms with Gasteiger partial charge in [0.15, 0.2) is 0 Å². The number of ether oxygens (including phenoxy) is 1. The maximum Gasteiger partial charge on any atom is 0.120 e. The molecular weight excluding hydrogens is 156 g/mol. The average Bonchev–Trinajstić information content (AvgIpc) is 2.01. The van der Waals surface area contributed by atoms with Crippen molar-refractivity contribution in [3.63, 3.8) is 0 Å². The molecule has 0 saturated carbocycles. The highest BCUT2D eigenvalue weighted by Gasteiger charge is 1.91. The molecule has 0 spiro atoms. The van der Waals surface area contributed by atoms with Gasteiger partial charge in [0, 0.05) is 4.90 Å². The van der Waals surface area contributed by atoms with Crippen LogP contribution >= 0.6 is 12.6 Å². The molecule has 0 saturated heterocycles. The van der Waals surface area contributed by atoms with Crippen LogP contribution in [0.3, 0.4) is 0 Å². The van der Waals surface area contributed by atoms with Crippen molar-refractivity contribution in [2.24, 2.45) is 0 Å². The van der Waals surface area contributed by atoms with E-state index in [-0.39, 0.29) is 0 Å². The zero-order valence-corrected chi connectivity index (χ0v) is 7.47. The van der Waals surface area contributed by atoms with Gasteiger partial charge < -0.3 is 4.74 Å². The predicted molar refractivity (Wildman–Crippen MR) is 49.5 cm³/mol. The first-order valence-corrected chi connectivity index (χ1v) is 4.19. The maximum absolute atomic E-state index is 5.39. The van der Waals surface area contributed by atoms with Gasteiger partial charge in [-0.3, -0.25) is 0 Å². The molecule has 1 nitrogen and oxygen atoms in total. The monoisotopic (exact) mass is 168 g/mol. The fraction of sp³-hybridized carbons (Fsp3) is 0.333. The smallest absolute Gasteiger partial charge is 0.120 e. The van der Waals surface area contributed by atoms with Crippen molar-refractivity contribution in [1.82, 2.24) is 0 Å². The van der Waals surface area contributed by atoms with E-state index in [0.717, 1.165) is 23.7 Å². The summed E-state index contributed by atoms with van der Waals surface area (Å²) in [5, 5.41) is 0. The standard InChI is InChI=1S/C9H12OS/c1-2-6-10-8-4-3-5-9(11)7-8/h3-5,7,11H,2,6H2,1H3. The number of hydrogen-bond donors (Lipinski definition) is 1. The van der Waals surface area contributed by atoms with E-state index >= 15 is 0 Å². The molecule has 1 rings (SSSR count). The van der Waals surface area contributed by atoms with Crippen molar-refractivity contribution in [3.8, 4) is 5.75 Å². The number of rotatable bonds is 3. The van der Waals surface area contributed by atoms with Crippen LogP contribution < -0.4 is 4.74 Å². The summed E-state index contributed by atoms with van der Waals surface area (Å²) in [6.07, 6.45) is 1.04. The Hall–Kier alpha value is -0.630. The molecule has 11 heavy (non-hydrogen) atoms. The van der Waals surface area contributed by atoms with Crippen LogP contribution in [0.4, 0.5) is 0 Å². The van der Waals surface area contributed by atoms with Crippen molar-refractivity contribution in [2.75, 3.05) is 6.61 Å². The third-order valence-corrected chi connectivity index (χ3v) is 1.57. The molecule has 0 atom stereocenters. The Morgan fingerprint density at radius 3 is 2.91 bits per heavy atom. The molecule has 0 fully saturated rings. The van der Waals surface area contributed by atoms with Crippen LogP contribution in [0.15, 0.2) is 29.2 Å². The lowest BCUT2D eigenvalue weighted by Gasteiger charge is -2.03. The predicted octanol–water partition coefficient (Wildman–Crippen LogP) is 2.76. The minimum atomic E-state index is 0.775. The van der Waals surface area contributed by atoms with Crippen molar-refractivity contribution >= 4 is 12.6 Å². The van der Waals surface area contributed by atoms with Gasteiger partial charge in [0.1, 0.15) is 5.75 Å². The average molecular weight is 168 g/mol. The second kappa shape index (κ2) is 4.29. The molecule has 0 radical (unpaired) electrons. The zero-order chi connectivity index (χ0) is 8.10. The SMILES string of the molecule is CCCOc1cccc(S)c1. The molecule has 0 amide bonds. The van der Waals surface area contributed by atoms with Crippen LogP contribution in [0.5, 0.6) is 5.75 Å². The van der Waals surface area contributed by atoms with Gasteiger partial charge in [-0.15, -0.1) is 12.6 Å². The number of benzene rings is 1. The van der Waals surface area contributed by atoms with Gasteiger partial charge in [-0.05, 0) is 24.6 Å². The second-order valence-corrected chi connectivity index (χ2v) is 2.86. The highest BCUT2D eigenvalue weighted by atomic mass is 32.1. The van der Waals surface area contributed by atoms with Gasteiger partial charge in [0.05, 0.1) is 6.61 Å². The van der Waals surface area contributed by atoms with Crippen LogP contribution in [0.1, 0.15) is 13.3 Å². The van der Waals surface area contributed by atoms with Crippen molar-refractivity contribution in [3.05, 3.63) is 24.3 Å². The Morgan fingerprint density at radius 1 is 1.45 bits per heavy atom. The lowest BCUT2D eigenvalue weighted by Crippen LogP contribution is -1.94. The van der Waals surface area contributed by atoms with Crippen molar-refractivity contribution in [1.29, 1.82) is 0 Å². The van der Waals surface area contributed by atoms with Gasteiger partial charge in [-0.2, -0.15) is 0 Å². The number of hydrogen-bond acceptors (Lipinski definition) is 2. The van der Waals surface area contributed by atoms with Crippen LogP contribution in [0.25, 0.3) is 0 Å². The summed E-state index contributed by atoms with van der Waals surface area (Å²) in [6, 6.07) is 7.73. The first kappa shape index (κ1) is 8.47. The fourth-order valence-electron chi connectivity index (χ4n) is 0.793. The summed E-state index contributed by atoms with van der Waals surface area (Å²) in [4.78, 5) is 0.943. The summed E-state index contributed by atoms with van der Waals surface area (Å²) < 4.78 is 5.39. The molecule has 0 aliphatic heterocycles. The lowest BCUT2D eigenvalue weighted by atomic mass is 10.3. The fourth-order valence-corrected chi connectivity index (χ4v) is 1.01. The summed E-state index contributed by atoms with van der Waals surface area (Å²) in [6.45, 7) is 2.86. The van der Waals surface area contributed by atoms with Crippen LogP contribution in [0, 0.1) is 0 Å². The normalized spacial score (nSPS) is 9.64. The van der Waals surface area contributed by atoms with Crippen LogP contribution in [-0.4, -0.2) is 6.61 Å². The molecule has 1 aromatic rings. The molecule has 2 heteroatoms. The van der Waals surface area contributed by atoms with Crippen LogP contribution in [0.2, 0.25) is 0 Å². The third kappa shape index (κ3) is 2.85. The third-order valence-electron chi connectivity index (χ3n) is 1.29. The van der Waals surface area contributed by atoms with Gasteiger partial charge >= 0.3 is 0 Å². The summed E-state index contributed by atoms with van der Waals surface area (Å²) in [5.74, 6) is 0.902. The summed E-state index contributed by atoms with van der Waals surface area (Å²) in [5.41, 5.74) is 0. The van der Waals surface area contributed by atoms with E-state index < -0.39 is 0 Å². The minimum Gasteiger partial charge on any atom is -0.494 e. The molecule has 0 unspecified atom stereocenters. The Kier molecular flexibility index (Phi) is 3.30. The number of thiol groups is 1. The lowest BCUT2D eigenvalue weighted by molar-refractivity contribution is 0.317. The molecule has 60 valence electrons. The Bertz CT molecular complexity index is 223. The Morgan fingerprint density at radius 2 is 2.27 bits per heavy atom. The second-order valence-electron chi connectivity index (χ2n) is 2.35. The van der Waals surface area contributed by atoms with E-state index in [2.05, 4.69) is 19.6 Å². The molecular formula is C9H12OS. The van der Waals surface area contributed by atoms with E-state index in [1.807, 2.05) is 24.3 Å². The first-order valence-electron chi connectivity index (χ1n) is 3.74. The maximum atomic E-state index is 5.39. The largest absolute Gasteiger partial charge is 0.494 e. The topological polar surface area (TPSA) is 9.23 Å². The Labute approximate surface area is 72.8 Å². The molecule has 0 aliphatic carbocycles. The van der Waals surface area contributed by atoms with Gasteiger partial charge in [-0.25, -0.2) is 0 Å². The van der Waals surface area contributed by atoms with Gasteiger partial charge in [0.25, 0.3) is 0 Å². The molecule has 0 N–H and O–H groups in total. The first-order chi connectivity index (χ1) is 5.33. The summed E-state index contributed by atoms with van der Waals surface area (Å²) >= 11 is 4.20. The molecule has 1 aromatic carbocycles. The van der Waals surface area contributed by atoms with Crippen molar-refractivity contribution < 1.29 is 4.74 Å². The van der Waals surface area contributed by atoms with Gasteiger partial charge in [-0.1, -0.05) is 13.0 Å². The Balaban J connectivity index is 2.56. The van der Waals surface area contributed by atoms with Gasteiger partial charge in [0.2, 0.25) is 0 Å². The van der Waals surface area contributed by atoms with E-state index in [4.69, 9.17) is 4.74 Å². The highest BCUT2D eigenvalue weighted by molar-refractivity contribution is 7.80.